The summed E-state index contributed by atoms with van der Waals surface area (Å²) < 4.78 is 27.7. The quantitative estimate of drug-likeness (QED) is 0.654. The van der Waals surface area contributed by atoms with Gasteiger partial charge in [-0.1, -0.05) is 36.4 Å². The minimum absolute atomic E-state index is 0.146. The first-order valence-corrected chi connectivity index (χ1v) is 10.3. The van der Waals surface area contributed by atoms with E-state index < -0.39 is 15.3 Å². The molecule has 0 atom stereocenters. The molecule has 8 nitrogen and oxygen atoms in total. The maximum atomic E-state index is 12.5. The van der Waals surface area contributed by atoms with Crippen molar-refractivity contribution in [3.63, 3.8) is 0 Å². The molecule has 0 unspecified atom stereocenters. The number of likely N-dealkylation sites (tertiary alicyclic amines) is 1. The molecule has 4 rings (SSSR count). The minimum Gasteiger partial charge on any atom is -0.336 e. The number of amides is 1. The number of aromatic amines is 1. The van der Waals surface area contributed by atoms with Gasteiger partial charge in [-0.2, -0.15) is 5.10 Å². The van der Waals surface area contributed by atoms with Gasteiger partial charge < -0.3 is 4.90 Å². The number of H-pyrrole nitrogens is 1. The van der Waals surface area contributed by atoms with E-state index in [4.69, 9.17) is 0 Å². The summed E-state index contributed by atoms with van der Waals surface area (Å²) in [6.07, 6.45) is 1.42. The summed E-state index contributed by atoms with van der Waals surface area (Å²) in [6.45, 7) is 0.565. The Morgan fingerprint density at radius 3 is 2.64 bits per heavy atom. The molecule has 28 heavy (non-hydrogen) atoms. The number of hydrogen-bond acceptors (Lipinski definition) is 5. The van der Waals surface area contributed by atoms with E-state index in [9.17, 15) is 13.2 Å². The van der Waals surface area contributed by atoms with Crippen LogP contribution in [0.4, 0.5) is 0 Å². The molecular weight excluding hydrogens is 378 g/mol. The molecule has 0 radical (unpaired) electrons. The Hall–Kier alpha value is -3.04. The molecule has 1 saturated heterocycles. The first kappa shape index (κ1) is 18.3. The summed E-state index contributed by atoms with van der Waals surface area (Å²) in [5.41, 5.74) is 2.21. The highest BCUT2D eigenvalue weighted by molar-refractivity contribution is 7.90. The van der Waals surface area contributed by atoms with Crippen LogP contribution in [-0.4, -0.2) is 52.7 Å². The largest absolute Gasteiger partial charge is 0.336 e. The second kappa shape index (κ2) is 7.53. The van der Waals surface area contributed by atoms with E-state index in [0.29, 0.717) is 11.4 Å². The zero-order valence-corrected chi connectivity index (χ0v) is 15.8. The molecular formula is C19H19N5O3S. The van der Waals surface area contributed by atoms with Crippen molar-refractivity contribution in [2.75, 3.05) is 13.1 Å². The van der Waals surface area contributed by atoms with Gasteiger partial charge in [0.25, 0.3) is 5.91 Å². The second-order valence-corrected chi connectivity index (χ2v) is 8.64. The third-order valence-electron chi connectivity index (χ3n) is 4.69. The molecule has 1 amide bonds. The van der Waals surface area contributed by atoms with Gasteiger partial charge in [0, 0.05) is 30.8 Å². The van der Waals surface area contributed by atoms with Crippen LogP contribution in [0, 0.1) is 0 Å². The highest BCUT2D eigenvalue weighted by atomic mass is 32.2. The van der Waals surface area contributed by atoms with Gasteiger partial charge in [-0.05, 0) is 23.8 Å². The highest BCUT2D eigenvalue weighted by Gasteiger charge is 2.39. The first-order chi connectivity index (χ1) is 13.5. The Kier molecular flexibility index (Phi) is 4.93. The van der Waals surface area contributed by atoms with E-state index in [1.165, 1.54) is 6.33 Å². The van der Waals surface area contributed by atoms with Gasteiger partial charge >= 0.3 is 0 Å². The minimum atomic E-state index is -3.52. The first-order valence-electron chi connectivity index (χ1n) is 8.80. The summed E-state index contributed by atoms with van der Waals surface area (Å²) in [7, 11) is -3.52. The van der Waals surface area contributed by atoms with E-state index in [1.807, 2.05) is 30.3 Å². The molecule has 9 heteroatoms. The van der Waals surface area contributed by atoms with Crippen LogP contribution in [0.5, 0.6) is 0 Å². The van der Waals surface area contributed by atoms with Crippen LogP contribution < -0.4 is 4.72 Å². The average molecular weight is 397 g/mol. The number of rotatable bonds is 6. The van der Waals surface area contributed by atoms with Crippen LogP contribution in [0.25, 0.3) is 11.4 Å². The summed E-state index contributed by atoms with van der Waals surface area (Å²) >= 11 is 0. The number of hydrogen-bond donors (Lipinski definition) is 2. The van der Waals surface area contributed by atoms with Crippen molar-refractivity contribution < 1.29 is 13.2 Å². The molecule has 2 N–H and O–H groups in total. The number of benzene rings is 2. The summed E-state index contributed by atoms with van der Waals surface area (Å²) in [5, 5.41) is 6.00. The zero-order chi connectivity index (χ0) is 19.6. The third kappa shape index (κ3) is 3.80. The van der Waals surface area contributed by atoms with Crippen molar-refractivity contribution in [1.82, 2.24) is 24.8 Å². The Labute approximate surface area is 162 Å². The Balaban J connectivity index is 1.35. The monoisotopic (exact) mass is 397 g/mol. The van der Waals surface area contributed by atoms with Crippen LogP contribution >= 0.6 is 0 Å². The number of carbonyl (C=O) groups is 1. The van der Waals surface area contributed by atoms with Crippen LogP contribution in [0.15, 0.2) is 60.9 Å². The molecule has 144 valence electrons. The molecule has 0 bridgehead atoms. The number of nitrogens with zero attached hydrogens (tertiary/aromatic N) is 3. The maximum Gasteiger partial charge on any atom is 0.253 e. The lowest BCUT2D eigenvalue weighted by atomic mass is 10.1. The maximum absolute atomic E-state index is 12.5. The van der Waals surface area contributed by atoms with Crippen LogP contribution in [0.1, 0.15) is 15.9 Å². The Morgan fingerprint density at radius 1 is 1.14 bits per heavy atom. The highest BCUT2D eigenvalue weighted by Crippen LogP contribution is 2.20. The molecule has 1 aromatic heterocycles. The molecule has 0 saturated carbocycles. The molecule has 1 fully saturated rings. The lowest BCUT2D eigenvalue weighted by Gasteiger charge is -2.38. The third-order valence-corrected chi connectivity index (χ3v) is 6.41. The molecule has 0 spiro atoms. The van der Waals surface area contributed by atoms with Crippen molar-refractivity contribution in [3.05, 3.63) is 72.1 Å². The van der Waals surface area contributed by atoms with Crippen molar-refractivity contribution in [2.24, 2.45) is 0 Å². The Morgan fingerprint density at radius 2 is 1.93 bits per heavy atom. The van der Waals surface area contributed by atoms with E-state index in [1.54, 1.807) is 29.2 Å². The average Bonchev–Trinajstić information content (AvgIpc) is 3.21. The van der Waals surface area contributed by atoms with Gasteiger partial charge in [0.05, 0.1) is 0 Å². The number of carbonyl (C=O) groups excluding carboxylic acids is 1. The van der Waals surface area contributed by atoms with Gasteiger partial charge in [0.1, 0.15) is 11.6 Å². The molecule has 2 aromatic carbocycles. The van der Waals surface area contributed by atoms with Crippen molar-refractivity contribution in [1.29, 1.82) is 0 Å². The van der Waals surface area contributed by atoms with Gasteiger partial charge in [0.15, 0.2) is 5.82 Å². The predicted molar refractivity (Wildman–Crippen MR) is 104 cm³/mol. The molecule has 1 aliphatic heterocycles. The molecule has 0 aliphatic carbocycles. The summed E-state index contributed by atoms with van der Waals surface area (Å²) in [4.78, 5) is 18.0. The lowest BCUT2D eigenvalue weighted by molar-refractivity contribution is 0.0658. The van der Waals surface area contributed by atoms with Crippen LogP contribution in [0.2, 0.25) is 0 Å². The fraction of sp³-hybridized carbons (Fsp3) is 0.211. The van der Waals surface area contributed by atoms with Crippen LogP contribution in [-0.2, 0) is 16.6 Å². The Bertz CT molecular complexity index is 1060. The number of nitrogens with one attached hydrogen (secondary N) is 2. The van der Waals surface area contributed by atoms with Crippen molar-refractivity contribution in [3.8, 4) is 11.4 Å². The lowest BCUT2D eigenvalue weighted by Crippen LogP contribution is -2.59. The topological polar surface area (TPSA) is 108 Å². The normalized spacial score (nSPS) is 14.6. The van der Waals surface area contributed by atoms with E-state index in [2.05, 4.69) is 19.9 Å². The fourth-order valence-corrected chi connectivity index (χ4v) is 4.39. The van der Waals surface area contributed by atoms with Gasteiger partial charge in [0.2, 0.25) is 10.0 Å². The van der Waals surface area contributed by atoms with E-state index in [0.717, 1.165) is 11.1 Å². The molecule has 1 aliphatic rings. The van der Waals surface area contributed by atoms with E-state index in [-0.39, 0.29) is 25.5 Å². The van der Waals surface area contributed by atoms with E-state index >= 15 is 0 Å². The van der Waals surface area contributed by atoms with Gasteiger partial charge in [-0.25, -0.2) is 18.1 Å². The summed E-state index contributed by atoms with van der Waals surface area (Å²) in [5.74, 6) is 0.477. The van der Waals surface area contributed by atoms with Crippen molar-refractivity contribution in [2.45, 2.75) is 11.8 Å². The standard InChI is InChI=1S/C19H19N5O3S/c25-19(15-6-2-1-3-7-15)24-11-17(12-24)28(26,27)22-10-14-5-4-8-16(9-14)18-20-13-21-23-18/h1-9,13,17,22H,10-12H2,(H,20,21,23). The number of sulfonamides is 1. The molecule has 2 heterocycles. The van der Waals surface area contributed by atoms with Crippen LogP contribution in [0.3, 0.4) is 0 Å². The summed E-state index contributed by atoms with van der Waals surface area (Å²) in [6, 6.07) is 16.3. The van der Waals surface area contributed by atoms with Gasteiger partial charge in [-0.15, -0.1) is 0 Å². The van der Waals surface area contributed by atoms with Gasteiger partial charge in [-0.3, -0.25) is 9.89 Å². The number of aromatic nitrogens is 3. The SMILES string of the molecule is O=C(c1ccccc1)N1CC(S(=O)(=O)NCc2cccc(-c3ncn[nH]3)c2)C1. The smallest absolute Gasteiger partial charge is 0.253 e. The van der Waals surface area contributed by atoms with Crippen molar-refractivity contribution >= 4 is 15.9 Å². The molecule has 3 aromatic rings. The second-order valence-electron chi connectivity index (χ2n) is 6.60. The predicted octanol–water partition coefficient (Wildman–Crippen LogP) is 1.42. The zero-order valence-electron chi connectivity index (χ0n) is 14.9. The fourth-order valence-electron chi connectivity index (χ4n) is 3.04.